The van der Waals surface area contributed by atoms with Gasteiger partial charge in [-0.2, -0.15) is 0 Å². The smallest absolute Gasteiger partial charge is 0.239 e. The van der Waals surface area contributed by atoms with Gasteiger partial charge in [-0.1, -0.05) is 6.92 Å². The average Bonchev–Trinajstić information content (AvgIpc) is 2.16. The molecule has 17 heavy (non-hydrogen) atoms. The van der Waals surface area contributed by atoms with Gasteiger partial charge in [0.1, 0.15) is 0 Å². The molecule has 104 valence electrons. The summed E-state index contributed by atoms with van der Waals surface area (Å²) in [5.41, 5.74) is 4.97. The van der Waals surface area contributed by atoms with Gasteiger partial charge in [-0.3, -0.25) is 4.79 Å². The van der Waals surface area contributed by atoms with Crippen LogP contribution in [0.2, 0.25) is 0 Å². The number of nitrogens with zero attached hydrogens (tertiary/aromatic N) is 1. The SMILES string of the molecule is CCN1CCCC(NC(=O)C(C)(C)N)C1.Cl.Cl. The van der Waals surface area contributed by atoms with Gasteiger partial charge in [0, 0.05) is 12.6 Å². The standard InChI is InChI=1S/C11H23N3O.2ClH/c1-4-14-7-5-6-9(8-14)13-10(15)11(2,3)12;;/h9H,4-8,12H2,1-3H3,(H,13,15);2*1H. The zero-order valence-electron chi connectivity index (χ0n) is 10.9. The normalized spacial score (nSPS) is 21.1. The molecule has 1 unspecified atom stereocenters. The van der Waals surface area contributed by atoms with Crippen molar-refractivity contribution in [1.82, 2.24) is 10.2 Å². The van der Waals surface area contributed by atoms with Gasteiger partial charge < -0.3 is 16.0 Å². The lowest BCUT2D eigenvalue weighted by molar-refractivity contribution is -0.126. The number of likely N-dealkylation sites (tertiary alicyclic amines) is 1. The molecule has 4 nitrogen and oxygen atoms in total. The Morgan fingerprint density at radius 1 is 1.47 bits per heavy atom. The van der Waals surface area contributed by atoms with E-state index < -0.39 is 5.54 Å². The number of halogens is 2. The molecule has 1 atom stereocenters. The van der Waals surface area contributed by atoms with Crippen molar-refractivity contribution in [2.75, 3.05) is 19.6 Å². The number of rotatable bonds is 3. The molecule has 0 aromatic carbocycles. The summed E-state index contributed by atoms with van der Waals surface area (Å²) in [5, 5.41) is 3.02. The fraction of sp³-hybridized carbons (Fsp3) is 0.909. The zero-order valence-corrected chi connectivity index (χ0v) is 12.5. The minimum atomic E-state index is -0.769. The van der Waals surface area contributed by atoms with Crippen molar-refractivity contribution in [1.29, 1.82) is 0 Å². The molecule has 0 radical (unpaired) electrons. The second-order valence-corrected chi connectivity index (χ2v) is 4.93. The Kier molecular flexibility index (Phi) is 9.25. The number of nitrogens with two attached hydrogens (primary N) is 1. The summed E-state index contributed by atoms with van der Waals surface area (Å²) in [6.45, 7) is 8.79. The van der Waals surface area contributed by atoms with E-state index in [0.717, 1.165) is 32.5 Å². The van der Waals surface area contributed by atoms with Crippen LogP contribution < -0.4 is 11.1 Å². The molecule has 3 N–H and O–H groups in total. The fourth-order valence-electron chi connectivity index (χ4n) is 1.83. The van der Waals surface area contributed by atoms with Crippen LogP contribution in [0.15, 0.2) is 0 Å². The molecular weight excluding hydrogens is 261 g/mol. The Bertz CT molecular complexity index is 231. The lowest BCUT2D eigenvalue weighted by Crippen LogP contribution is -2.55. The first-order chi connectivity index (χ1) is 6.93. The number of likely N-dealkylation sites (N-methyl/N-ethyl adjacent to an activating group) is 1. The predicted octanol–water partition coefficient (Wildman–Crippen LogP) is 1.17. The van der Waals surface area contributed by atoms with Gasteiger partial charge in [-0.05, 0) is 39.8 Å². The quantitative estimate of drug-likeness (QED) is 0.818. The molecule has 1 rings (SSSR count). The van der Waals surface area contributed by atoms with E-state index in [0.29, 0.717) is 0 Å². The van der Waals surface area contributed by atoms with E-state index in [1.807, 2.05) is 0 Å². The van der Waals surface area contributed by atoms with Gasteiger partial charge in [0.25, 0.3) is 0 Å². The summed E-state index contributed by atoms with van der Waals surface area (Å²) in [6.07, 6.45) is 2.22. The van der Waals surface area contributed by atoms with Gasteiger partial charge in [-0.15, -0.1) is 24.8 Å². The van der Waals surface area contributed by atoms with Crippen LogP contribution in [0, 0.1) is 0 Å². The highest BCUT2D eigenvalue weighted by molar-refractivity contribution is 5.86. The van der Waals surface area contributed by atoms with Crippen LogP contribution in [-0.4, -0.2) is 42.0 Å². The second kappa shape index (κ2) is 8.14. The zero-order chi connectivity index (χ0) is 11.5. The lowest BCUT2D eigenvalue weighted by Gasteiger charge is -2.33. The van der Waals surface area contributed by atoms with Crippen molar-refractivity contribution in [3.05, 3.63) is 0 Å². The molecule has 1 aliphatic heterocycles. The highest BCUT2D eigenvalue weighted by Gasteiger charge is 2.26. The molecule has 0 bridgehead atoms. The minimum Gasteiger partial charge on any atom is -0.351 e. The maximum absolute atomic E-state index is 11.7. The Balaban J connectivity index is 0. The number of amides is 1. The minimum absolute atomic E-state index is 0. The molecule has 1 saturated heterocycles. The van der Waals surface area contributed by atoms with Crippen molar-refractivity contribution in [3.63, 3.8) is 0 Å². The molecule has 0 spiro atoms. The second-order valence-electron chi connectivity index (χ2n) is 4.93. The van der Waals surface area contributed by atoms with Crippen molar-refractivity contribution < 1.29 is 4.79 Å². The van der Waals surface area contributed by atoms with E-state index in [4.69, 9.17) is 5.73 Å². The third kappa shape index (κ3) is 6.46. The molecule has 1 heterocycles. The lowest BCUT2D eigenvalue weighted by atomic mass is 10.0. The first kappa shape index (κ1) is 19.3. The monoisotopic (exact) mass is 285 g/mol. The van der Waals surface area contributed by atoms with E-state index in [2.05, 4.69) is 17.1 Å². The van der Waals surface area contributed by atoms with Crippen LogP contribution in [0.3, 0.4) is 0 Å². The van der Waals surface area contributed by atoms with Gasteiger partial charge in [0.05, 0.1) is 5.54 Å². The molecule has 6 heteroatoms. The third-order valence-corrected chi connectivity index (χ3v) is 2.87. The van der Waals surface area contributed by atoms with Gasteiger partial charge in [0.15, 0.2) is 0 Å². The number of hydrogen-bond donors (Lipinski definition) is 2. The van der Waals surface area contributed by atoms with E-state index in [-0.39, 0.29) is 36.8 Å². The van der Waals surface area contributed by atoms with Crippen LogP contribution in [0.4, 0.5) is 0 Å². The maximum Gasteiger partial charge on any atom is 0.239 e. The molecule has 0 aromatic rings. The molecule has 1 amide bonds. The Morgan fingerprint density at radius 2 is 2.06 bits per heavy atom. The predicted molar refractivity (Wildman–Crippen MR) is 76.0 cm³/mol. The van der Waals surface area contributed by atoms with E-state index >= 15 is 0 Å². The first-order valence-corrected chi connectivity index (χ1v) is 5.75. The largest absolute Gasteiger partial charge is 0.351 e. The average molecular weight is 286 g/mol. The summed E-state index contributed by atoms with van der Waals surface area (Å²) < 4.78 is 0. The highest BCUT2D eigenvalue weighted by Crippen LogP contribution is 2.10. The summed E-state index contributed by atoms with van der Waals surface area (Å²) in [5.74, 6) is -0.0505. The van der Waals surface area contributed by atoms with Crippen molar-refractivity contribution in [2.45, 2.75) is 45.2 Å². The van der Waals surface area contributed by atoms with Crippen LogP contribution in [0.25, 0.3) is 0 Å². The Morgan fingerprint density at radius 3 is 2.53 bits per heavy atom. The summed E-state index contributed by atoms with van der Waals surface area (Å²) in [6, 6.07) is 0.272. The molecule has 0 aliphatic carbocycles. The van der Waals surface area contributed by atoms with Gasteiger partial charge in [0.2, 0.25) is 5.91 Å². The maximum atomic E-state index is 11.7. The Hall–Kier alpha value is -0.0300. The number of nitrogens with one attached hydrogen (secondary N) is 1. The van der Waals surface area contributed by atoms with Gasteiger partial charge >= 0.3 is 0 Å². The van der Waals surface area contributed by atoms with Gasteiger partial charge in [-0.25, -0.2) is 0 Å². The topological polar surface area (TPSA) is 58.4 Å². The fourth-order valence-corrected chi connectivity index (χ4v) is 1.83. The molecule has 1 fully saturated rings. The van der Waals surface area contributed by atoms with Crippen LogP contribution in [0.1, 0.15) is 33.6 Å². The molecule has 1 aliphatic rings. The number of carbonyl (C=O) groups is 1. The summed E-state index contributed by atoms with van der Waals surface area (Å²) in [7, 11) is 0. The van der Waals surface area contributed by atoms with Crippen LogP contribution in [0.5, 0.6) is 0 Å². The third-order valence-electron chi connectivity index (χ3n) is 2.87. The number of carbonyl (C=O) groups excluding carboxylic acids is 1. The van der Waals surface area contributed by atoms with Crippen molar-refractivity contribution in [2.24, 2.45) is 5.73 Å². The van der Waals surface area contributed by atoms with E-state index in [1.165, 1.54) is 0 Å². The van der Waals surface area contributed by atoms with Crippen molar-refractivity contribution in [3.8, 4) is 0 Å². The highest BCUT2D eigenvalue weighted by atomic mass is 35.5. The summed E-state index contributed by atoms with van der Waals surface area (Å²) >= 11 is 0. The molecule has 0 saturated carbocycles. The summed E-state index contributed by atoms with van der Waals surface area (Å²) in [4.78, 5) is 14.0. The number of piperidine rings is 1. The Labute approximate surface area is 117 Å². The van der Waals surface area contributed by atoms with Crippen LogP contribution in [-0.2, 0) is 4.79 Å². The number of hydrogen-bond acceptors (Lipinski definition) is 3. The molecule has 0 aromatic heterocycles. The van der Waals surface area contributed by atoms with Crippen LogP contribution >= 0.6 is 24.8 Å². The van der Waals surface area contributed by atoms with E-state index in [9.17, 15) is 4.79 Å². The first-order valence-electron chi connectivity index (χ1n) is 5.75. The van der Waals surface area contributed by atoms with Crippen molar-refractivity contribution >= 4 is 30.7 Å². The molecular formula is C11H25Cl2N3O. The van der Waals surface area contributed by atoms with E-state index in [1.54, 1.807) is 13.8 Å².